The van der Waals surface area contributed by atoms with Crippen LogP contribution in [0.1, 0.15) is 36.5 Å². The van der Waals surface area contributed by atoms with Gasteiger partial charge >= 0.3 is 0 Å². The predicted molar refractivity (Wildman–Crippen MR) is 115 cm³/mol. The SMILES string of the molecule is CCC1COC(CCc2ccc3c(F)c(CCc4ccc(F)c(F)c4)ccc3c2)OC1. The molecule has 0 aliphatic carbocycles. The van der Waals surface area contributed by atoms with Crippen molar-refractivity contribution in [3.05, 3.63) is 82.7 Å². The van der Waals surface area contributed by atoms with Crippen molar-refractivity contribution in [3.63, 3.8) is 0 Å². The molecule has 1 aliphatic heterocycles. The standard InChI is InChI=1S/C26H27F3O2/c1-2-17-15-30-25(31-16-17)12-6-18-4-10-22-21(13-18)9-8-20(26(22)29)7-3-19-5-11-23(27)24(28)14-19/h4-5,8-11,13-14,17,25H,2-3,6-7,12,15-16H2,1H3. The summed E-state index contributed by atoms with van der Waals surface area (Å²) in [5, 5.41) is 1.42. The van der Waals surface area contributed by atoms with Gasteiger partial charge in [0.25, 0.3) is 0 Å². The third kappa shape index (κ3) is 5.28. The summed E-state index contributed by atoms with van der Waals surface area (Å²) < 4.78 is 53.0. The van der Waals surface area contributed by atoms with Gasteiger partial charge in [0.2, 0.25) is 0 Å². The molecule has 0 saturated carbocycles. The lowest BCUT2D eigenvalue weighted by Gasteiger charge is -2.28. The van der Waals surface area contributed by atoms with Gasteiger partial charge in [-0.1, -0.05) is 43.3 Å². The smallest absolute Gasteiger partial charge is 0.159 e. The Hall–Kier alpha value is -2.37. The number of hydrogen-bond acceptors (Lipinski definition) is 2. The fourth-order valence-corrected chi connectivity index (χ4v) is 3.98. The molecule has 1 heterocycles. The molecule has 31 heavy (non-hydrogen) atoms. The van der Waals surface area contributed by atoms with Crippen molar-refractivity contribution in [2.75, 3.05) is 13.2 Å². The molecule has 0 radical (unpaired) electrons. The van der Waals surface area contributed by atoms with Gasteiger partial charge in [0.15, 0.2) is 17.9 Å². The van der Waals surface area contributed by atoms with Crippen molar-refractivity contribution < 1.29 is 22.6 Å². The molecular formula is C26H27F3O2. The number of ether oxygens (including phenoxy) is 2. The quantitative estimate of drug-likeness (QED) is 0.435. The first kappa shape index (κ1) is 21.8. The lowest BCUT2D eigenvalue weighted by molar-refractivity contribution is -0.202. The van der Waals surface area contributed by atoms with E-state index in [-0.39, 0.29) is 12.1 Å². The van der Waals surface area contributed by atoms with Crippen LogP contribution in [-0.2, 0) is 28.7 Å². The fraction of sp³-hybridized carbons (Fsp3) is 0.385. The number of aryl methyl sites for hydroxylation is 3. The second kappa shape index (κ2) is 9.84. The molecule has 0 N–H and O–H groups in total. The highest BCUT2D eigenvalue weighted by molar-refractivity contribution is 5.84. The summed E-state index contributed by atoms with van der Waals surface area (Å²) in [4.78, 5) is 0. The molecule has 0 spiro atoms. The Bertz CT molecular complexity index is 1040. The van der Waals surface area contributed by atoms with Crippen LogP contribution in [0, 0.1) is 23.4 Å². The molecular weight excluding hydrogens is 401 g/mol. The van der Waals surface area contributed by atoms with Gasteiger partial charge in [-0.05, 0) is 59.9 Å². The van der Waals surface area contributed by atoms with Crippen molar-refractivity contribution in [2.24, 2.45) is 5.92 Å². The maximum Gasteiger partial charge on any atom is 0.159 e. The molecule has 1 saturated heterocycles. The van der Waals surface area contributed by atoms with E-state index in [1.807, 2.05) is 24.3 Å². The molecule has 3 aromatic rings. The van der Waals surface area contributed by atoms with Crippen LogP contribution in [0.5, 0.6) is 0 Å². The minimum Gasteiger partial charge on any atom is -0.352 e. The summed E-state index contributed by atoms with van der Waals surface area (Å²) >= 11 is 0. The van der Waals surface area contributed by atoms with Crippen LogP contribution >= 0.6 is 0 Å². The van der Waals surface area contributed by atoms with Crippen LogP contribution in [0.2, 0.25) is 0 Å². The Morgan fingerprint density at radius 2 is 1.55 bits per heavy atom. The second-order valence-corrected chi connectivity index (χ2v) is 8.25. The van der Waals surface area contributed by atoms with E-state index in [1.165, 1.54) is 12.1 Å². The van der Waals surface area contributed by atoms with Crippen LogP contribution in [0.25, 0.3) is 10.8 Å². The molecule has 0 unspecified atom stereocenters. The Morgan fingerprint density at radius 1 is 0.806 bits per heavy atom. The average molecular weight is 428 g/mol. The second-order valence-electron chi connectivity index (χ2n) is 8.25. The van der Waals surface area contributed by atoms with Gasteiger partial charge in [0, 0.05) is 17.7 Å². The maximum absolute atomic E-state index is 15.0. The van der Waals surface area contributed by atoms with Crippen LogP contribution in [0.15, 0.2) is 48.5 Å². The third-order valence-corrected chi connectivity index (χ3v) is 6.05. The minimum absolute atomic E-state index is 0.172. The molecule has 3 aromatic carbocycles. The Labute approximate surface area is 181 Å². The number of hydrogen-bond donors (Lipinski definition) is 0. The van der Waals surface area contributed by atoms with E-state index in [2.05, 4.69) is 6.92 Å². The van der Waals surface area contributed by atoms with E-state index in [9.17, 15) is 8.78 Å². The van der Waals surface area contributed by atoms with E-state index >= 15 is 4.39 Å². The predicted octanol–water partition coefficient (Wildman–Crippen LogP) is 6.37. The summed E-state index contributed by atoms with van der Waals surface area (Å²) in [6, 6.07) is 13.3. The van der Waals surface area contributed by atoms with Crippen molar-refractivity contribution in [3.8, 4) is 0 Å². The summed E-state index contributed by atoms with van der Waals surface area (Å²) in [6.07, 6.45) is 3.33. The van der Waals surface area contributed by atoms with Gasteiger partial charge in [-0.3, -0.25) is 0 Å². The number of rotatable bonds is 7. The van der Waals surface area contributed by atoms with Gasteiger partial charge < -0.3 is 9.47 Å². The molecule has 4 rings (SSSR count). The van der Waals surface area contributed by atoms with Crippen molar-refractivity contribution >= 4 is 10.8 Å². The molecule has 5 heteroatoms. The van der Waals surface area contributed by atoms with Crippen molar-refractivity contribution in [1.82, 2.24) is 0 Å². The first-order chi connectivity index (χ1) is 15.0. The van der Waals surface area contributed by atoms with E-state index in [0.29, 0.717) is 35.3 Å². The van der Waals surface area contributed by atoms with E-state index in [4.69, 9.17) is 9.47 Å². The van der Waals surface area contributed by atoms with Crippen LogP contribution in [-0.4, -0.2) is 19.5 Å². The Kier molecular flexibility index (Phi) is 6.93. The van der Waals surface area contributed by atoms with Gasteiger partial charge in [-0.25, -0.2) is 13.2 Å². The minimum atomic E-state index is -0.877. The number of benzene rings is 3. The van der Waals surface area contributed by atoms with E-state index in [0.717, 1.165) is 49.5 Å². The van der Waals surface area contributed by atoms with Crippen LogP contribution < -0.4 is 0 Å². The Morgan fingerprint density at radius 3 is 2.29 bits per heavy atom. The average Bonchev–Trinajstić information content (AvgIpc) is 2.80. The molecule has 0 amide bonds. The van der Waals surface area contributed by atoms with Gasteiger partial charge in [-0.15, -0.1) is 0 Å². The summed E-state index contributed by atoms with van der Waals surface area (Å²) in [6.45, 7) is 3.63. The fourth-order valence-electron chi connectivity index (χ4n) is 3.98. The highest BCUT2D eigenvalue weighted by atomic mass is 19.2. The normalized spacial score (nSPS) is 19.1. The zero-order valence-corrected chi connectivity index (χ0v) is 17.7. The first-order valence-electron chi connectivity index (χ1n) is 10.9. The summed E-state index contributed by atoms with van der Waals surface area (Å²) in [5.74, 6) is -1.52. The molecule has 2 nitrogen and oxygen atoms in total. The molecule has 1 fully saturated rings. The maximum atomic E-state index is 15.0. The molecule has 0 aromatic heterocycles. The number of halogens is 3. The third-order valence-electron chi connectivity index (χ3n) is 6.05. The van der Waals surface area contributed by atoms with Gasteiger partial charge in [-0.2, -0.15) is 0 Å². The van der Waals surface area contributed by atoms with Crippen molar-refractivity contribution in [1.29, 1.82) is 0 Å². The summed E-state index contributed by atoms with van der Waals surface area (Å²) in [5.41, 5.74) is 2.33. The van der Waals surface area contributed by atoms with E-state index in [1.54, 1.807) is 6.07 Å². The van der Waals surface area contributed by atoms with Crippen LogP contribution in [0.4, 0.5) is 13.2 Å². The Balaban J connectivity index is 1.39. The summed E-state index contributed by atoms with van der Waals surface area (Å²) in [7, 11) is 0. The molecule has 164 valence electrons. The monoisotopic (exact) mass is 428 g/mol. The lowest BCUT2D eigenvalue weighted by Crippen LogP contribution is -2.32. The zero-order chi connectivity index (χ0) is 21.8. The van der Waals surface area contributed by atoms with E-state index < -0.39 is 11.6 Å². The lowest BCUT2D eigenvalue weighted by atomic mass is 9.98. The van der Waals surface area contributed by atoms with Gasteiger partial charge in [0.1, 0.15) is 5.82 Å². The molecule has 0 atom stereocenters. The highest BCUT2D eigenvalue weighted by Gasteiger charge is 2.20. The number of fused-ring (bicyclic) bond motifs is 1. The van der Waals surface area contributed by atoms with Crippen molar-refractivity contribution in [2.45, 2.75) is 45.3 Å². The highest BCUT2D eigenvalue weighted by Crippen LogP contribution is 2.25. The largest absolute Gasteiger partial charge is 0.352 e. The zero-order valence-electron chi connectivity index (χ0n) is 17.7. The van der Waals surface area contributed by atoms with Gasteiger partial charge in [0.05, 0.1) is 13.2 Å². The first-order valence-corrected chi connectivity index (χ1v) is 10.9. The molecule has 1 aliphatic rings. The topological polar surface area (TPSA) is 18.5 Å². The molecule has 0 bridgehead atoms. The van der Waals surface area contributed by atoms with Crippen LogP contribution in [0.3, 0.4) is 0 Å².